The predicted octanol–water partition coefficient (Wildman–Crippen LogP) is 8.26. The first-order valence-electron chi connectivity index (χ1n) is 11.6. The van der Waals surface area contributed by atoms with Gasteiger partial charge in [-0.05, 0) is 112 Å². The van der Waals surface area contributed by atoms with Crippen molar-refractivity contribution in [2.45, 2.75) is 77.5 Å². The van der Waals surface area contributed by atoms with E-state index in [9.17, 15) is 13.2 Å². The van der Waals surface area contributed by atoms with Crippen molar-refractivity contribution in [3.63, 3.8) is 0 Å². The maximum atomic E-state index is 12.2. The van der Waals surface area contributed by atoms with Gasteiger partial charge in [0.1, 0.15) is 5.75 Å². The number of allylic oxidation sites excluding steroid dienone is 4. The first-order chi connectivity index (χ1) is 14.4. The van der Waals surface area contributed by atoms with E-state index in [-0.39, 0.29) is 5.75 Å². The molecule has 0 atom stereocenters. The molecule has 4 heteroatoms. The molecule has 0 saturated heterocycles. The molecule has 0 spiro atoms. The van der Waals surface area contributed by atoms with Gasteiger partial charge in [-0.2, -0.15) is 0 Å². The van der Waals surface area contributed by atoms with Crippen LogP contribution in [0.2, 0.25) is 0 Å². The molecule has 3 rings (SSSR count). The molecule has 1 aromatic carbocycles. The largest absolute Gasteiger partial charge is 0.573 e. The van der Waals surface area contributed by atoms with Crippen LogP contribution in [0.15, 0.2) is 48.6 Å². The highest BCUT2D eigenvalue weighted by atomic mass is 19.4. The van der Waals surface area contributed by atoms with Crippen molar-refractivity contribution < 1.29 is 17.9 Å². The third-order valence-corrected chi connectivity index (χ3v) is 6.93. The Bertz CT molecular complexity index is 673. The van der Waals surface area contributed by atoms with Crippen molar-refractivity contribution in [1.29, 1.82) is 0 Å². The highest BCUT2D eigenvalue weighted by molar-refractivity contribution is 5.27. The Morgan fingerprint density at radius 1 is 0.833 bits per heavy atom. The summed E-state index contributed by atoms with van der Waals surface area (Å²) < 4.78 is 40.5. The average molecular weight is 421 g/mol. The van der Waals surface area contributed by atoms with Gasteiger partial charge in [0.25, 0.3) is 0 Å². The molecule has 2 fully saturated rings. The van der Waals surface area contributed by atoms with Crippen LogP contribution in [0.3, 0.4) is 0 Å². The van der Waals surface area contributed by atoms with Crippen molar-refractivity contribution in [3.05, 3.63) is 54.1 Å². The molecule has 30 heavy (non-hydrogen) atoms. The topological polar surface area (TPSA) is 9.23 Å². The van der Waals surface area contributed by atoms with Gasteiger partial charge < -0.3 is 4.74 Å². The summed E-state index contributed by atoms with van der Waals surface area (Å²) in [6, 6.07) is 6.20. The molecule has 0 bridgehead atoms. The SMILES string of the molecule is C/C=C/C1CCC(C2CCC(/C=C/CCc3ccc(OC(F)(F)F)cc3)CC2)CC1. The van der Waals surface area contributed by atoms with Crippen LogP contribution in [0.1, 0.15) is 70.3 Å². The van der Waals surface area contributed by atoms with Crippen LogP contribution in [-0.2, 0) is 6.42 Å². The van der Waals surface area contributed by atoms with Gasteiger partial charge in [-0.3, -0.25) is 0 Å². The standard InChI is InChI=1S/C26H35F3O/c1-2-5-20-8-14-23(15-9-20)24-16-10-21(11-17-24)6-3-4-7-22-12-18-25(19-13-22)30-26(27,28)29/h2-3,5-6,12-13,18-21,23-24H,4,7-11,14-17H2,1H3/b5-2+,6-3+. The van der Waals surface area contributed by atoms with E-state index < -0.39 is 6.36 Å². The molecule has 166 valence electrons. The minimum atomic E-state index is -4.63. The lowest BCUT2D eigenvalue weighted by Gasteiger charge is -2.36. The monoisotopic (exact) mass is 420 g/mol. The summed E-state index contributed by atoms with van der Waals surface area (Å²) in [7, 11) is 0. The van der Waals surface area contributed by atoms with Crippen LogP contribution in [-0.4, -0.2) is 6.36 Å². The van der Waals surface area contributed by atoms with Gasteiger partial charge in [0.15, 0.2) is 0 Å². The molecular formula is C26H35F3O. The van der Waals surface area contributed by atoms with Crippen molar-refractivity contribution >= 4 is 0 Å². The average Bonchev–Trinajstić information content (AvgIpc) is 2.73. The summed E-state index contributed by atoms with van der Waals surface area (Å²) in [6.07, 6.45) is 17.3. The fraction of sp³-hybridized carbons (Fsp3) is 0.615. The Kier molecular flexibility index (Phi) is 8.47. The third kappa shape index (κ3) is 7.52. The quantitative estimate of drug-likeness (QED) is 0.403. The van der Waals surface area contributed by atoms with Gasteiger partial charge in [-0.1, -0.05) is 36.4 Å². The maximum Gasteiger partial charge on any atom is 0.573 e. The van der Waals surface area contributed by atoms with E-state index in [0.717, 1.165) is 36.2 Å². The molecular weight excluding hydrogens is 385 g/mol. The molecule has 0 aromatic heterocycles. The van der Waals surface area contributed by atoms with Gasteiger partial charge in [0.2, 0.25) is 0 Å². The van der Waals surface area contributed by atoms with E-state index in [2.05, 4.69) is 36.0 Å². The number of aryl methyl sites for hydroxylation is 1. The van der Waals surface area contributed by atoms with Crippen molar-refractivity contribution in [3.8, 4) is 5.75 Å². The van der Waals surface area contributed by atoms with E-state index in [0.29, 0.717) is 5.92 Å². The summed E-state index contributed by atoms with van der Waals surface area (Å²) in [5, 5.41) is 0. The van der Waals surface area contributed by atoms with E-state index in [1.54, 1.807) is 12.1 Å². The van der Waals surface area contributed by atoms with Gasteiger partial charge in [0.05, 0.1) is 0 Å². The zero-order valence-electron chi connectivity index (χ0n) is 18.0. The lowest BCUT2D eigenvalue weighted by molar-refractivity contribution is -0.274. The molecule has 0 amide bonds. The van der Waals surface area contributed by atoms with Gasteiger partial charge in [0, 0.05) is 0 Å². The van der Waals surface area contributed by atoms with Crippen molar-refractivity contribution in [2.24, 2.45) is 23.7 Å². The molecule has 2 aliphatic carbocycles. The lowest BCUT2D eigenvalue weighted by atomic mass is 9.69. The molecule has 1 nitrogen and oxygen atoms in total. The molecule has 2 saturated carbocycles. The van der Waals surface area contributed by atoms with E-state index >= 15 is 0 Å². The number of halogens is 3. The molecule has 0 aliphatic heterocycles. The Morgan fingerprint density at radius 3 is 1.87 bits per heavy atom. The van der Waals surface area contributed by atoms with Crippen LogP contribution in [0, 0.1) is 23.7 Å². The molecule has 2 aliphatic rings. The number of hydrogen-bond acceptors (Lipinski definition) is 1. The van der Waals surface area contributed by atoms with Gasteiger partial charge in [-0.15, -0.1) is 13.2 Å². The first kappa shape index (κ1) is 23.0. The lowest BCUT2D eigenvalue weighted by Crippen LogP contribution is -2.25. The number of hydrogen-bond donors (Lipinski definition) is 0. The van der Waals surface area contributed by atoms with Gasteiger partial charge in [-0.25, -0.2) is 0 Å². The fourth-order valence-electron chi connectivity index (χ4n) is 5.29. The summed E-state index contributed by atoms with van der Waals surface area (Å²) >= 11 is 0. The highest BCUT2D eigenvalue weighted by Crippen LogP contribution is 2.41. The Morgan fingerprint density at radius 2 is 1.37 bits per heavy atom. The van der Waals surface area contributed by atoms with Gasteiger partial charge >= 0.3 is 6.36 Å². The van der Waals surface area contributed by atoms with E-state index in [1.165, 1.54) is 63.5 Å². The number of rotatable bonds is 7. The second-order valence-electron chi connectivity index (χ2n) is 9.03. The zero-order valence-corrected chi connectivity index (χ0v) is 18.0. The molecule has 0 radical (unpaired) electrons. The van der Waals surface area contributed by atoms with Crippen LogP contribution in [0.25, 0.3) is 0 Å². The van der Waals surface area contributed by atoms with Crippen LogP contribution >= 0.6 is 0 Å². The minimum Gasteiger partial charge on any atom is -0.406 e. The minimum absolute atomic E-state index is 0.158. The summed E-state index contributed by atoms with van der Waals surface area (Å²) in [5.74, 6) is 3.23. The summed E-state index contributed by atoms with van der Waals surface area (Å²) in [6.45, 7) is 2.13. The number of ether oxygens (including phenoxy) is 1. The third-order valence-electron chi connectivity index (χ3n) is 6.93. The second-order valence-corrected chi connectivity index (χ2v) is 9.03. The van der Waals surface area contributed by atoms with E-state index in [1.807, 2.05) is 0 Å². The molecule has 0 unspecified atom stereocenters. The molecule has 0 heterocycles. The van der Waals surface area contributed by atoms with Crippen LogP contribution < -0.4 is 4.74 Å². The second kappa shape index (κ2) is 11.1. The smallest absolute Gasteiger partial charge is 0.406 e. The first-order valence-corrected chi connectivity index (χ1v) is 11.6. The normalized spacial score (nSPS) is 28.3. The van der Waals surface area contributed by atoms with Crippen LogP contribution in [0.4, 0.5) is 13.2 Å². The zero-order chi connectivity index (χ0) is 21.4. The summed E-state index contributed by atoms with van der Waals surface area (Å²) in [4.78, 5) is 0. The van der Waals surface area contributed by atoms with E-state index in [4.69, 9.17) is 0 Å². The van der Waals surface area contributed by atoms with Crippen molar-refractivity contribution in [1.82, 2.24) is 0 Å². The van der Waals surface area contributed by atoms with Crippen molar-refractivity contribution in [2.75, 3.05) is 0 Å². The molecule has 1 aromatic rings. The summed E-state index contributed by atoms with van der Waals surface area (Å²) in [5.41, 5.74) is 1.03. The fourth-order valence-corrected chi connectivity index (χ4v) is 5.29. The number of alkyl halides is 3. The molecule has 0 N–H and O–H groups in total. The van der Waals surface area contributed by atoms with Crippen LogP contribution in [0.5, 0.6) is 5.75 Å². The number of benzene rings is 1. The predicted molar refractivity (Wildman–Crippen MR) is 116 cm³/mol. The Hall–Kier alpha value is -1.71. The Balaban J connectivity index is 1.33. The maximum absolute atomic E-state index is 12.2. The Labute approximate surface area is 179 Å². The highest BCUT2D eigenvalue weighted by Gasteiger charge is 2.31.